The smallest absolute Gasteiger partial charge is 0.387 e. The Kier molecular flexibility index (Phi) is 4.77. The molecule has 1 aromatic carbocycles. The van der Waals surface area contributed by atoms with Gasteiger partial charge < -0.3 is 4.74 Å². The van der Waals surface area contributed by atoms with Gasteiger partial charge in [-0.15, -0.1) is 0 Å². The van der Waals surface area contributed by atoms with Crippen molar-refractivity contribution >= 4 is 21.4 Å². The molecule has 7 nitrogen and oxygen atoms in total. The summed E-state index contributed by atoms with van der Waals surface area (Å²) in [5.41, 5.74) is 1.42. The van der Waals surface area contributed by atoms with Crippen molar-refractivity contribution < 1.29 is 21.9 Å². The Labute approximate surface area is 148 Å². The number of benzene rings is 1. The van der Waals surface area contributed by atoms with Crippen LogP contribution in [0.5, 0.6) is 5.75 Å². The van der Waals surface area contributed by atoms with Gasteiger partial charge in [0.2, 0.25) is 0 Å². The largest absolute Gasteiger partial charge is 0.435 e. The number of ether oxygens (including phenoxy) is 1. The normalized spacial score (nSPS) is 12.1. The number of alkyl halides is 2. The Hall–Kier alpha value is -2.75. The third-order valence-corrected chi connectivity index (χ3v) is 5.02. The van der Waals surface area contributed by atoms with Crippen LogP contribution < -0.4 is 9.46 Å². The summed E-state index contributed by atoms with van der Waals surface area (Å²) in [6.45, 7) is 1.02. The quantitative estimate of drug-likeness (QED) is 0.707. The maximum absolute atomic E-state index is 12.5. The summed E-state index contributed by atoms with van der Waals surface area (Å²) < 4.78 is 57.7. The van der Waals surface area contributed by atoms with E-state index >= 15 is 0 Å². The van der Waals surface area contributed by atoms with Crippen molar-refractivity contribution in [1.82, 2.24) is 14.6 Å². The molecule has 3 rings (SSSR count). The molecule has 2 heterocycles. The summed E-state index contributed by atoms with van der Waals surface area (Å²) in [7, 11) is -3.96. The van der Waals surface area contributed by atoms with E-state index in [9.17, 15) is 17.2 Å². The van der Waals surface area contributed by atoms with Crippen LogP contribution in [-0.2, 0) is 10.0 Å². The molecule has 0 saturated heterocycles. The molecule has 2 aromatic heterocycles. The van der Waals surface area contributed by atoms with Crippen molar-refractivity contribution in [1.29, 1.82) is 0 Å². The number of sulfonamides is 1. The van der Waals surface area contributed by atoms with Crippen molar-refractivity contribution in [3.05, 3.63) is 48.4 Å². The number of aromatic nitrogens is 3. The van der Waals surface area contributed by atoms with Crippen LogP contribution in [0.15, 0.2) is 47.6 Å². The number of nitrogens with zero attached hydrogens (tertiary/aromatic N) is 3. The zero-order valence-electron chi connectivity index (χ0n) is 13.9. The van der Waals surface area contributed by atoms with Crippen LogP contribution in [0.25, 0.3) is 5.52 Å². The van der Waals surface area contributed by atoms with Gasteiger partial charge in [0, 0.05) is 5.69 Å². The Morgan fingerprint density at radius 2 is 1.81 bits per heavy atom. The fourth-order valence-corrected chi connectivity index (χ4v) is 3.48. The molecule has 0 unspecified atom stereocenters. The Bertz CT molecular complexity index is 1020. The third kappa shape index (κ3) is 3.59. The fourth-order valence-electron chi connectivity index (χ4n) is 2.46. The first kappa shape index (κ1) is 18.1. The van der Waals surface area contributed by atoms with Crippen LogP contribution in [0, 0.1) is 0 Å². The summed E-state index contributed by atoms with van der Waals surface area (Å²) in [6, 6.07) is 8.25. The Balaban J connectivity index is 1.91. The monoisotopic (exact) mass is 382 g/mol. The van der Waals surface area contributed by atoms with Crippen LogP contribution in [0.2, 0.25) is 0 Å². The molecule has 0 atom stereocenters. The molecule has 0 radical (unpaired) electrons. The zero-order valence-corrected chi connectivity index (χ0v) is 14.7. The van der Waals surface area contributed by atoms with E-state index in [0.717, 1.165) is 17.8 Å². The average molecular weight is 382 g/mol. The molecule has 26 heavy (non-hydrogen) atoms. The van der Waals surface area contributed by atoms with E-state index in [1.165, 1.54) is 18.5 Å². The maximum atomic E-state index is 12.5. The van der Waals surface area contributed by atoms with Crippen molar-refractivity contribution in [3.63, 3.8) is 0 Å². The van der Waals surface area contributed by atoms with Gasteiger partial charge in [-0.2, -0.15) is 13.9 Å². The van der Waals surface area contributed by atoms with Gasteiger partial charge in [0.1, 0.15) is 17.6 Å². The first-order valence-corrected chi connectivity index (χ1v) is 9.16. The summed E-state index contributed by atoms with van der Waals surface area (Å²) in [4.78, 5) is 3.90. The van der Waals surface area contributed by atoms with Crippen molar-refractivity contribution in [2.75, 3.05) is 4.72 Å². The highest BCUT2D eigenvalue weighted by Gasteiger charge is 2.19. The summed E-state index contributed by atoms with van der Waals surface area (Å²) >= 11 is 0. The Morgan fingerprint density at radius 3 is 2.42 bits per heavy atom. The predicted molar refractivity (Wildman–Crippen MR) is 91.0 cm³/mol. The molecular formula is C16H16F2N4O3S. The molecule has 0 amide bonds. The van der Waals surface area contributed by atoms with Crippen LogP contribution in [0.4, 0.5) is 14.6 Å². The molecule has 0 saturated carbocycles. The molecule has 0 spiro atoms. The minimum absolute atomic E-state index is 0.105. The Morgan fingerprint density at radius 1 is 1.12 bits per heavy atom. The molecule has 10 heteroatoms. The molecule has 0 bridgehead atoms. The van der Waals surface area contributed by atoms with E-state index in [-0.39, 0.29) is 22.4 Å². The van der Waals surface area contributed by atoms with Gasteiger partial charge in [-0.3, -0.25) is 4.72 Å². The lowest BCUT2D eigenvalue weighted by molar-refractivity contribution is -0.0498. The summed E-state index contributed by atoms with van der Waals surface area (Å²) in [5, 5.41) is 4.15. The molecule has 0 fully saturated rings. The first-order valence-electron chi connectivity index (χ1n) is 7.68. The predicted octanol–water partition coefficient (Wildman–Crippen LogP) is 3.25. The number of halogens is 2. The van der Waals surface area contributed by atoms with Crippen LogP contribution in [0.3, 0.4) is 0 Å². The van der Waals surface area contributed by atoms with Crippen LogP contribution in [-0.4, -0.2) is 29.6 Å². The molecular weight excluding hydrogens is 366 g/mol. The number of rotatable bonds is 6. The second kappa shape index (κ2) is 6.87. The lowest BCUT2D eigenvalue weighted by atomic mass is 10.1. The highest BCUT2D eigenvalue weighted by molar-refractivity contribution is 7.92. The molecule has 1 N–H and O–H groups in total. The zero-order chi connectivity index (χ0) is 18.9. The van der Waals surface area contributed by atoms with Crippen LogP contribution >= 0.6 is 0 Å². The molecule has 3 aromatic rings. The minimum atomic E-state index is -3.96. The molecule has 0 aliphatic heterocycles. The first-order chi connectivity index (χ1) is 12.3. The average Bonchev–Trinajstić information content (AvgIpc) is 3.00. The highest BCUT2D eigenvalue weighted by atomic mass is 32.2. The number of hydrogen-bond donors (Lipinski definition) is 1. The summed E-state index contributed by atoms with van der Waals surface area (Å²) in [5.74, 6) is 0.190. The van der Waals surface area contributed by atoms with Crippen molar-refractivity contribution in [2.45, 2.75) is 31.3 Å². The lowest BCUT2D eigenvalue weighted by Crippen LogP contribution is -2.15. The molecule has 138 valence electrons. The SMILES string of the molecule is CC(C)c1ccc2c(NS(=O)(=O)c3ccc(OC(F)F)cc3)ncnn12. The van der Waals surface area contributed by atoms with Gasteiger partial charge >= 0.3 is 6.61 Å². The van der Waals surface area contributed by atoms with E-state index in [1.54, 1.807) is 10.6 Å². The summed E-state index contributed by atoms with van der Waals surface area (Å²) in [6.07, 6.45) is 1.26. The van der Waals surface area contributed by atoms with E-state index in [0.29, 0.717) is 5.52 Å². The van der Waals surface area contributed by atoms with E-state index in [1.807, 2.05) is 19.9 Å². The molecule has 0 aliphatic carbocycles. The third-order valence-electron chi connectivity index (χ3n) is 3.66. The van der Waals surface area contributed by atoms with Gasteiger partial charge in [0.25, 0.3) is 10.0 Å². The van der Waals surface area contributed by atoms with Gasteiger partial charge in [0.15, 0.2) is 5.82 Å². The number of anilines is 1. The number of fused-ring (bicyclic) bond motifs is 1. The topological polar surface area (TPSA) is 85.6 Å². The van der Waals surface area contributed by atoms with E-state index < -0.39 is 16.6 Å². The van der Waals surface area contributed by atoms with Gasteiger partial charge in [0.05, 0.1) is 4.90 Å². The van der Waals surface area contributed by atoms with Gasteiger partial charge in [-0.25, -0.2) is 17.9 Å². The van der Waals surface area contributed by atoms with E-state index in [4.69, 9.17) is 0 Å². The second-order valence-corrected chi connectivity index (χ2v) is 7.46. The second-order valence-electron chi connectivity index (χ2n) is 5.77. The fraction of sp³-hybridized carbons (Fsp3) is 0.250. The maximum Gasteiger partial charge on any atom is 0.387 e. The highest BCUT2D eigenvalue weighted by Crippen LogP contribution is 2.24. The number of hydrogen-bond acceptors (Lipinski definition) is 5. The standard InChI is InChI=1S/C16H16F2N4O3S/c1-10(2)13-7-8-14-15(19-9-20-22(13)14)21-26(23,24)12-5-3-11(4-6-12)25-16(17)18/h3-10,16H,1-2H3,(H,19,20,21). The van der Waals surface area contributed by atoms with Crippen LogP contribution in [0.1, 0.15) is 25.5 Å². The number of nitrogens with one attached hydrogen (secondary N) is 1. The van der Waals surface area contributed by atoms with Crippen molar-refractivity contribution in [2.24, 2.45) is 0 Å². The van der Waals surface area contributed by atoms with E-state index in [2.05, 4.69) is 19.5 Å². The van der Waals surface area contributed by atoms with Gasteiger partial charge in [-0.1, -0.05) is 13.8 Å². The lowest BCUT2D eigenvalue weighted by Gasteiger charge is -2.10. The van der Waals surface area contributed by atoms with Crippen molar-refractivity contribution in [3.8, 4) is 5.75 Å². The molecule has 0 aliphatic rings. The minimum Gasteiger partial charge on any atom is -0.435 e. The van der Waals surface area contributed by atoms with Gasteiger partial charge in [-0.05, 0) is 42.3 Å².